The van der Waals surface area contributed by atoms with Gasteiger partial charge in [0, 0.05) is 54.0 Å². The summed E-state index contributed by atoms with van der Waals surface area (Å²) in [4.78, 5) is 4.74. The fourth-order valence-electron chi connectivity index (χ4n) is 11.3. The van der Waals surface area contributed by atoms with Crippen LogP contribution in [-0.4, -0.2) is 14.1 Å². The average molecular weight is 1380 g/mol. The van der Waals surface area contributed by atoms with Crippen LogP contribution in [0.1, 0.15) is 113 Å². The molecule has 14 rings (SSSR count). The quantitative estimate of drug-likeness (QED) is 0.0956. The smallest absolute Gasteiger partial charge is 0.268 e. The minimum atomic E-state index is -2.87. The molecule has 5 nitrogen and oxygen atoms in total. The summed E-state index contributed by atoms with van der Waals surface area (Å²) in [5.41, 5.74) is 3.75. The molecule has 0 saturated heterocycles. The second-order valence-corrected chi connectivity index (χ2v) is 25.3. The van der Waals surface area contributed by atoms with E-state index in [0.717, 1.165) is 27.6 Å². The first-order valence-corrected chi connectivity index (χ1v) is 29.5. The molecule has 11 aromatic carbocycles. The van der Waals surface area contributed by atoms with Gasteiger partial charge in [-0.05, 0) is 154 Å². The van der Waals surface area contributed by atoms with Gasteiger partial charge in [-0.25, -0.2) is 4.98 Å². The molecule has 0 unspecified atom stereocenters. The minimum absolute atomic E-state index is 0. The Balaban J connectivity index is 0.0000110. The number of aryl methyl sites for hydroxylation is 1. The first-order valence-electron chi connectivity index (χ1n) is 40.0. The van der Waals surface area contributed by atoms with Crippen molar-refractivity contribution in [1.29, 1.82) is 0 Å². The molecule has 0 aliphatic heterocycles. The molecule has 3 heterocycles. The molecule has 0 atom stereocenters. The summed E-state index contributed by atoms with van der Waals surface area (Å²) >= 11 is 0. The van der Waals surface area contributed by atoms with Crippen molar-refractivity contribution in [2.24, 2.45) is 0 Å². The Bertz CT molecular complexity index is 6100. The van der Waals surface area contributed by atoms with E-state index in [1.54, 1.807) is 44.0 Å². The Labute approximate surface area is 579 Å². The SMILES string of the molecule is [2H]c1c([2H])c([2H])c(-c2cnc(-n3c4[c-]c(Oc5[c-]c(-n6[c-][n+](-c7c(-c8cccc(C(C)(C)C)c8)cc(C(C)(C)C)cc7-c7c([2H])c(-c8c([2H])c([2H])c([2H])c([2H])c8[2H])c([2H])c(-c8c([2H])c([2H])c([2H])c([2H])c8[2H])c7[2H])c7ccc(-c8ccc(C(C)(C)C)cc8)cc76)ccc5)ccc4c4ccccc43)cc2C([2H])([2H])[2H])c([2H])c1[2H].[Pt]. The zero-order valence-electron chi connectivity index (χ0n) is 72.4. The summed E-state index contributed by atoms with van der Waals surface area (Å²) in [6.07, 6.45) is 4.90. The third-order valence-corrected chi connectivity index (χ3v) is 16.2. The Morgan fingerprint density at radius 3 is 1.73 bits per heavy atom. The molecule has 14 aromatic rings. The number of ether oxygens (including phenoxy) is 1. The standard InChI is InChI=1S/C85H72N4O.Pt/c1-56-44-81(86-54-76(56)60-28-18-13-19-29-60)89-77-35-21-20-34-72(77)73-42-41-71(53-79(73)89)90-70-33-23-32-69(52-70)87-55-88(78-43-38-61(49-80(78)87)59-36-39-66(40-37-59)83(2,3)4)82-74(62-30-22-31-67(48-62)84(5,6)7)50-68(85(8,9)10)51-75(82)65-46-63(57-24-14-11-15-25-57)45-64(47-65)58-26-16-12-17-27-58;/h11-51,54H,1-10H3;/q-2;/i1D3,11D,12D,13D,14D,15D,16D,17D,18D,19D,24D,25D,26D,27D,28D,29D,45D,46D,47D;. The molecule has 0 aliphatic rings. The monoisotopic (exact) mass is 1380 g/mol. The van der Waals surface area contributed by atoms with Gasteiger partial charge in [0.05, 0.1) is 41.4 Å². The predicted octanol–water partition coefficient (Wildman–Crippen LogP) is 21.8. The number of hydrogen-bond acceptors (Lipinski definition) is 2. The van der Waals surface area contributed by atoms with Crippen LogP contribution in [0.3, 0.4) is 0 Å². The number of imidazole rings is 1. The topological polar surface area (TPSA) is 35.9 Å². The molecule has 3 aromatic heterocycles. The van der Waals surface area contributed by atoms with Crippen LogP contribution in [0.5, 0.6) is 11.5 Å². The fourth-order valence-corrected chi connectivity index (χ4v) is 11.3. The maximum absolute atomic E-state index is 10.6. The Kier molecular flexibility index (Phi) is 10.6. The van der Waals surface area contributed by atoms with Gasteiger partial charge in [-0.3, -0.25) is 4.57 Å². The largest absolute Gasteiger partial charge is 0.510 e. The minimum Gasteiger partial charge on any atom is -0.510 e. The van der Waals surface area contributed by atoms with Crippen LogP contribution in [-0.2, 0) is 37.3 Å². The van der Waals surface area contributed by atoms with Gasteiger partial charge in [0.2, 0.25) is 0 Å². The number of nitrogens with zero attached hydrogens (tertiary/aromatic N) is 4. The van der Waals surface area contributed by atoms with Gasteiger partial charge in [0.1, 0.15) is 5.82 Å². The fraction of sp³-hybridized carbons (Fsp3) is 0.153. The van der Waals surface area contributed by atoms with E-state index in [1.165, 1.54) is 12.3 Å². The molecular formula is C85H72N4OPt-2. The van der Waals surface area contributed by atoms with Crippen molar-refractivity contribution in [1.82, 2.24) is 14.1 Å². The third-order valence-electron chi connectivity index (χ3n) is 16.2. The maximum Gasteiger partial charge on any atom is 0.268 e. The number of hydrogen-bond donors (Lipinski definition) is 0. The molecule has 91 heavy (non-hydrogen) atoms. The molecule has 0 fully saturated rings. The van der Waals surface area contributed by atoms with E-state index in [9.17, 15) is 9.60 Å². The van der Waals surface area contributed by atoms with Crippen LogP contribution in [0, 0.1) is 25.3 Å². The number of aromatic nitrogens is 4. The van der Waals surface area contributed by atoms with Gasteiger partial charge in [-0.1, -0.05) is 249 Å². The predicted molar refractivity (Wildman–Crippen MR) is 373 cm³/mol. The molecule has 0 spiro atoms. The normalized spacial score (nSPS) is 15.4. The molecule has 0 bridgehead atoms. The summed E-state index contributed by atoms with van der Waals surface area (Å²) in [6, 6.07) is 37.4. The molecular weight excluding hydrogens is 1290 g/mol. The summed E-state index contributed by atoms with van der Waals surface area (Å²) in [6.45, 7) is 15.7. The first kappa shape index (κ1) is 40.1. The Hall–Kier alpha value is -9.67. The van der Waals surface area contributed by atoms with Crippen LogP contribution >= 0.6 is 0 Å². The van der Waals surface area contributed by atoms with E-state index in [1.807, 2.05) is 106 Å². The van der Waals surface area contributed by atoms with Crippen molar-refractivity contribution in [3.05, 3.63) is 295 Å². The zero-order chi connectivity index (χ0) is 80.2. The first-order chi connectivity index (χ1) is 52.1. The van der Waals surface area contributed by atoms with Gasteiger partial charge in [-0.15, -0.1) is 29.7 Å². The molecule has 0 radical (unpaired) electrons. The molecule has 450 valence electrons. The van der Waals surface area contributed by atoms with Crippen molar-refractivity contribution in [3.63, 3.8) is 0 Å². The van der Waals surface area contributed by atoms with Gasteiger partial charge < -0.3 is 13.9 Å². The number of rotatable bonds is 11. The van der Waals surface area contributed by atoms with Crippen LogP contribution in [0.2, 0.25) is 0 Å². The zero-order valence-corrected chi connectivity index (χ0v) is 53.6. The number of fused-ring (bicyclic) bond motifs is 4. The second-order valence-electron chi connectivity index (χ2n) is 25.3. The van der Waals surface area contributed by atoms with E-state index < -0.39 is 149 Å². The number of pyridine rings is 1. The van der Waals surface area contributed by atoms with Gasteiger partial charge in [-0.2, -0.15) is 18.2 Å². The van der Waals surface area contributed by atoms with Crippen LogP contribution in [0.4, 0.5) is 0 Å². The van der Waals surface area contributed by atoms with Crippen LogP contribution in [0.25, 0.3) is 117 Å². The van der Waals surface area contributed by atoms with Gasteiger partial charge in [0.25, 0.3) is 6.33 Å². The van der Waals surface area contributed by atoms with E-state index in [0.29, 0.717) is 49.8 Å². The molecule has 0 N–H and O–H groups in total. The van der Waals surface area contributed by atoms with E-state index >= 15 is 0 Å². The molecule has 0 amide bonds. The van der Waals surface area contributed by atoms with E-state index in [2.05, 4.69) is 78.2 Å². The van der Waals surface area contributed by atoms with Gasteiger partial charge >= 0.3 is 0 Å². The number of para-hydroxylation sites is 1. The van der Waals surface area contributed by atoms with Crippen molar-refractivity contribution in [2.45, 2.75) is 85.4 Å². The molecule has 6 heteroatoms. The van der Waals surface area contributed by atoms with Gasteiger partial charge in [0.15, 0.2) is 0 Å². The molecule has 0 saturated carbocycles. The summed E-state index contributed by atoms with van der Waals surface area (Å²) in [7, 11) is 0. The van der Waals surface area contributed by atoms with Crippen molar-refractivity contribution in [3.8, 4) is 95.5 Å². The average Bonchev–Trinajstić information content (AvgIpc) is 0.754. The van der Waals surface area contributed by atoms with E-state index in [-0.39, 0.29) is 77.3 Å². The molecule has 0 aliphatic carbocycles. The van der Waals surface area contributed by atoms with Crippen LogP contribution < -0.4 is 9.30 Å². The van der Waals surface area contributed by atoms with Crippen molar-refractivity contribution in [2.75, 3.05) is 0 Å². The maximum atomic E-state index is 10.6. The summed E-state index contributed by atoms with van der Waals surface area (Å²) < 4.78 is 203. The summed E-state index contributed by atoms with van der Waals surface area (Å²) in [5, 5.41) is 1.44. The Morgan fingerprint density at radius 2 is 1.07 bits per heavy atom. The number of benzene rings is 11. The Morgan fingerprint density at radius 1 is 0.462 bits per heavy atom. The van der Waals surface area contributed by atoms with E-state index in [4.69, 9.17) is 28.9 Å². The second kappa shape index (κ2) is 23.9. The van der Waals surface area contributed by atoms with Crippen LogP contribution in [0.15, 0.2) is 254 Å². The third kappa shape index (κ3) is 11.8. The van der Waals surface area contributed by atoms with Crippen molar-refractivity contribution < 1.29 is 59.2 Å². The summed E-state index contributed by atoms with van der Waals surface area (Å²) in [5.74, 6) is 0.502. The van der Waals surface area contributed by atoms with Crippen molar-refractivity contribution >= 4 is 32.8 Å².